The Balaban J connectivity index is 5.16. The predicted molar refractivity (Wildman–Crippen MR) is 42.2 cm³/mol. The summed E-state index contributed by atoms with van der Waals surface area (Å²) in [5, 5.41) is 0. The molecule has 0 bridgehead atoms. The first-order chi connectivity index (χ1) is 9.62. The van der Waals surface area contributed by atoms with Crippen LogP contribution in [0.5, 0.6) is 0 Å². The minimum atomic E-state index is -6.62. The van der Waals surface area contributed by atoms with E-state index in [9.17, 15) is 61.5 Å². The van der Waals surface area contributed by atoms with E-state index in [1.54, 1.807) is 0 Å². The van der Waals surface area contributed by atoms with Crippen molar-refractivity contribution in [3.05, 3.63) is 0 Å². The predicted octanol–water partition coefficient (Wildman–Crippen LogP) is 5.36. The first-order valence-electron chi connectivity index (χ1n) is 4.97. The van der Waals surface area contributed by atoms with Crippen LogP contribution in [0.3, 0.4) is 0 Å². The van der Waals surface area contributed by atoms with Gasteiger partial charge < -0.3 is 0 Å². The zero-order chi connectivity index (χ0) is 19.1. The average molecular weight is 382 g/mol. The van der Waals surface area contributed by atoms with Crippen molar-refractivity contribution >= 4 is 0 Å². The van der Waals surface area contributed by atoms with Crippen molar-refractivity contribution in [3.63, 3.8) is 0 Å². The molecule has 0 fully saturated rings. The molecular formula is C8H4F14O. The maximum atomic E-state index is 12.6. The van der Waals surface area contributed by atoms with Gasteiger partial charge in [-0.15, -0.1) is 0 Å². The van der Waals surface area contributed by atoms with Crippen molar-refractivity contribution in [1.82, 2.24) is 0 Å². The molecule has 0 aromatic heterocycles. The van der Waals surface area contributed by atoms with Crippen LogP contribution in [-0.2, 0) is 4.74 Å². The molecule has 0 heterocycles. The maximum absolute atomic E-state index is 12.6. The topological polar surface area (TPSA) is 9.23 Å². The molecule has 23 heavy (non-hydrogen) atoms. The molecule has 0 aliphatic carbocycles. The van der Waals surface area contributed by atoms with Crippen LogP contribution < -0.4 is 0 Å². The molecule has 15 heteroatoms. The number of hydrogen-bond donors (Lipinski definition) is 0. The number of ether oxygens (including phenoxy) is 1. The Morgan fingerprint density at radius 2 is 0.652 bits per heavy atom. The standard InChI is InChI=1S/C8H4F14O/c9-3(10,7(17,18)19)1-5(13,14)23-6(15,16)2-4(11,12)8(20,21)22/h1-2H2. The lowest BCUT2D eigenvalue weighted by molar-refractivity contribution is -0.420. The van der Waals surface area contributed by atoms with Crippen molar-refractivity contribution in [1.29, 1.82) is 0 Å². The van der Waals surface area contributed by atoms with Crippen molar-refractivity contribution in [2.24, 2.45) is 0 Å². The highest BCUT2D eigenvalue weighted by molar-refractivity contribution is 4.83. The van der Waals surface area contributed by atoms with Crippen molar-refractivity contribution < 1.29 is 66.2 Å². The van der Waals surface area contributed by atoms with Gasteiger partial charge in [-0.1, -0.05) is 0 Å². The number of hydrogen-bond acceptors (Lipinski definition) is 1. The van der Waals surface area contributed by atoms with Gasteiger partial charge in [0.15, 0.2) is 0 Å². The monoisotopic (exact) mass is 382 g/mol. The molecule has 0 rings (SSSR count). The van der Waals surface area contributed by atoms with Crippen molar-refractivity contribution in [2.75, 3.05) is 0 Å². The van der Waals surface area contributed by atoms with E-state index in [-0.39, 0.29) is 0 Å². The first-order valence-corrected chi connectivity index (χ1v) is 4.97. The molecular weight excluding hydrogens is 378 g/mol. The fourth-order valence-corrected chi connectivity index (χ4v) is 1.01. The van der Waals surface area contributed by atoms with Gasteiger partial charge in [0.05, 0.1) is 0 Å². The summed E-state index contributed by atoms with van der Waals surface area (Å²) in [5.74, 6) is -12.5. The third-order valence-electron chi connectivity index (χ3n) is 1.98. The minimum absolute atomic E-state index is 2.06. The molecule has 1 nitrogen and oxygen atoms in total. The minimum Gasteiger partial charge on any atom is -0.255 e. The highest BCUT2D eigenvalue weighted by atomic mass is 19.4. The number of alkyl halides is 14. The van der Waals surface area contributed by atoms with Crippen LogP contribution in [0.1, 0.15) is 12.8 Å². The molecule has 0 unspecified atom stereocenters. The third-order valence-corrected chi connectivity index (χ3v) is 1.98. The molecule has 0 aromatic rings. The highest BCUT2D eigenvalue weighted by Crippen LogP contribution is 2.47. The molecule has 0 saturated heterocycles. The van der Waals surface area contributed by atoms with Gasteiger partial charge >= 0.3 is 36.4 Å². The van der Waals surface area contributed by atoms with Gasteiger partial charge in [0.25, 0.3) is 0 Å². The lowest BCUT2D eigenvalue weighted by atomic mass is 10.2. The summed E-state index contributed by atoms with van der Waals surface area (Å²) in [6, 6.07) is 0. The Labute approximate surface area is 117 Å². The Hall–Kier alpha value is -1.02. The first kappa shape index (κ1) is 22.0. The Kier molecular flexibility index (Phi) is 5.55. The molecule has 0 aliphatic heterocycles. The molecule has 0 radical (unpaired) electrons. The summed E-state index contributed by atoms with van der Waals surface area (Å²) < 4.78 is 171. The third kappa shape index (κ3) is 6.18. The molecule has 0 saturated carbocycles. The van der Waals surface area contributed by atoms with Crippen LogP contribution in [0.25, 0.3) is 0 Å². The van der Waals surface area contributed by atoms with Gasteiger partial charge in [0, 0.05) is 0 Å². The Morgan fingerprint density at radius 3 is 0.826 bits per heavy atom. The molecule has 0 spiro atoms. The quantitative estimate of drug-likeness (QED) is 0.562. The Bertz CT molecular complexity index is 366. The second-order valence-corrected chi connectivity index (χ2v) is 4.13. The maximum Gasteiger partial charge on any atom is 0.453 e. The number of halogens is 14. The van der Waals surface area contributed by atoms with E-state index in [0.29, 0.717) is 0 Å². The smallest absolute Gasteiger partial charge is 0.255 e. The van der Waals surface area contributed by atoms with Crippen LogP contribution in [0.2, 0.25) is 0 Å². The summed E-state index contributed by atoms with van der Waals surface area (Å²) in [5.41, 5.74) is 0. The largest absolute Gasteiger partial charge is 0.453 e. The summed E-state index contributed by atoms with van der Waals surface area (Å²) >= 11 is 0. The SMILES string of the molecule is FC(F)(CC(F)(F)C(F)(F)F)OC(F)(F)CC(F)(F)C(F)(F)F. The van der Waals surface area contributed by atoms with Gasteiger partial charge in [-0.25, -0.2) is 0 Å². The fourth-order valence-electron chi connectivity index (χ4n) is 1.01. The van der Waals surface area contributed by atoms with Crippen LogP contribution >= 0.6 is 0 Å². The molecule has 0 amide bonds. The zero-order valence-corrected chi connectivity index (χ0v) is 10.1. The van der Waals surface area contributed by atoms with Crippen LogP contribution in [-0.4, -0.2) is 36.4 Å². The fraction of sp³-hybridized carbons (Fsp3) is 1.00. The molecule has 0 aliphatic rings. The highest BCUT2D eigenvalue weighted by Gasteiger charge is 2.66. The van der Waals surface area contributed by atoms with Gasteiger partial charge in [0.1, 0.15) is 12.8 Å². The summed E-state index contributed by atoms with van der Waals surface area (Å²) in [6.45, 7) is 0. The zero-order valence-electron chi connectivity index (χ0n) is 10.1. The normalized spacial score (nSPS) is 15.9. The van der Waals surface area contributed by atoms with E-state index in [2.05, 4.69) is 4.74 Å². The van der Waals surface area contributed by atoms with Crippen molar-refractivity contribution in [3.8, 4) is 0 Å². The summed E-state index contributed by atoms with van der Waals surface area (Å²) in [7, 11) is 0. The van der Waals surface area contributed by atoms with Gasteiger partial charge in [0.2, 0.25) is 0 Å². The summed E-state index contributed by atoms with van der Waals surface area (Å²) in [6.07, 6.45) is -32.8. The van der Waals surface area contributed by atoms with E-state index in [0.717, 1.165) is 0 Å². The lowest BCUT2D eigenvalue weighted by Crippen LogP contribution is -2.48. The van der Waals surface area contributed by atoms with E-state index in [1.807, 2.05) is 0 Å². The van der Waals surface area contributed by atoms with E-state index in [1.165, 1.54) is 0 Å². The molecule has 140 valence electrons. The van der Waals surface area contributed by atoms with Crippen LogP contribution in [0.4, 0.5) is 61.5 Å². The van der Waals surface area contributed by atoms with Crippen LogP contribution in [0, 0.1) is 0 Å². The second kappa shape index (κ2) is 5.81. The molecule has 0 aromatic carbocycles. The van der Waals surface area contributed by atoms with Gasteiger partial charge in [-0.3, -0.25) is 4.74 Å². The van der Waals surface area contributed by atoms with E-state index < -0.39 is 49.3 Å². The molecule has 0 N–H and O–H groups in total. The lowest BCUT2D eigenvalue weighted by Gasteiger charge is -2.29. The molecule has 0 atom stereocenters. The second-order valence-electron chi connectivity index (χ2n) is 4.13. The average Bonchev–Trinajstić information content (AvgIpc) is 2.05. The van der Waals surface area contributed by atoms with Crippen LogP contribution in [0.15, 0.2) is 0 Å². The van der Waals surface area contributed by atoms with Gasteiger partial charge in [-0.05, 0) is 0 Å². The Morgan fingerprint density at radius 1 is 0.435 bits per heavy atom. The van der Waals surface area contributed by atoms with Gasteiger partial charge in [-0.2, -0.15) is 61.5 Å². The summed E-state index contributed by atoms with van der Waals surface area (Å²) in [4.78, 5) is 0. The van der Waals surface area contributed by atoms with E-state index in [4.69, 9.17) is 0 Å². The van der Waals surface area contributed by atoms with E-state index >= 15 is 0 Å². The number of rotatable bonds is 6. The van der Waals surface area contributed by atoms with Crippen molar-refractivity contribution in [2.45, 2.75) is 49.3 Å².